The van der Waals surface area contributed by atoms with Crippen LogP contribution in [0.5, 0.6) is 0 Å². The third-order valence-electron chi connectivity index (χ3n) is 25.5. The molecule has 44 saturated heterocycles. The van der Waals surface area contributed by atoms with Crippen LogP contribution < -0.4 is 0 Å². The third-order valence-corrected chi connectivity index (χ3v) is 27.9. The van der Waals surface area contributed by atoms with Crippen molar-refractivity contribution in [2.75, 3.05) is 77.6 Å². The predicted octanol–water partition coefficient (Wildman–Crippen LogP) is -23.7. The first-order valence-electron chi connectivity index (χ1n) is 42.3. The van der Waals surface area contributed by atoms with Crippen molar-refractivity contribution < 1.29 is 287 Å². The molecule has 0 radical (unpaired) electrons. The molecule has 60 atom stereocenters. The molecular formula is C72H118O58S2. The van der Waals surface area contributed by atoms with E-state index < -0.39 is 446 Å². The molecule has 58 nitrogen and oxygen atoms in total. The van der Waals surface area contributed by atoms with E-state index in [1.54, 1.807) is 0 Å². The molecule has 44 rings (SSSR count). The second-order valence-corrected chi connectivity index (χ2v) is 36.4. The van der Waals surface area contributed by atoms with Crippen LogP contribution in [-0.4, -0.2) is 620 Å². The fraction of sp³-hybridized carbons (Fsp3) is 1.00. The average Bonchev–Trinajstić information content (AvgIpc) is 0.762. The molecule has 24 bridgehead atoms. The predicted molar refractivity (Wildman–Crippen MR) is 402 cm³/mol. The quantitative estimate of drug-likeness (QED) is 0.0535. The first-order chi connectivity index (χ1) is 62.9. The van der Waals surface area contributed by atoms with Crippen molar-refractivity contribution in [2.45, 2.75) is 368 Å². The number of aliphatic hydroxyl groups is 34. The number of hydrogen-bond donors (Lipinski definition) is 34. The summed E-state index contributed by atoms with van der Waals surface area (Å²) in [6.07, 6.45) is -129. The fourth-order valence-corrected chi connectivity index (χ4v) is 20.4. The molecule has 0 aromatic rings. The summed E-state index contributed by atoms with van der Waals surface area (Å²) in [5.41, 5.74) is 0. The van der Waals surface area contributed by atoms with Gasteiger partial charge in [-0.15, -0.1) is 0 Å². The van der Waals surface area contributed by atoms with Gasteiger partial charge in [-0.3, -0.25) is 0 Å². The minimum atomic E-state index is -2.44. The van der Waals surface area contributed by atoms with Crippen LogP contribution in [0.2, 0.25) is 0 Å². The first-order valence-corrected chi connectivity index (χ1v) is 44.8. The lowest BCUT2D eigenvalue weighted by Crippen LogP contribution is -2.69. The maximum absolute atomic E-state index is 12.3. The van der Waals surface area contributed by atoms with E-state index in [1.165, 1.54) is 0 Å². The van der Waals surface area contributed by atoms with E-state index >= 15 is 0 Å². The Kier molecular flexibility index (Phi) is 36.6. The fourth-order valence-electron chi connectivity index (χ4n) is 18.1. The van der Waals surface area contributed by atoms with Gasteiger partial charge in [-0.25, -0.2) is 0 Å². The van der Waals surface area contributed by atoms with Gasteiger partial charge in [0.15, 0.2) is 75.5 Å². The van der Waals surface area contributed by atoms with Crippen molar-refractivity contribution in [2.24, 2.45) is 0 Å². The highest BCUT2D eigenvalue weighted by atomic mass is 33.1. The van der Waals surface area contributed by atoms with E-state index in [1.807, 2.05) is 0 Å². The smallest absolute Gasteiger partial charge is 0.187 e. The highest BCUT2D eigenvalue weighted by molar-refractivity contribution is 8.76. The molecule has 0 amide bonds. The minimum Gasteiger partial charge on any atom is -0.394 e. The van der Waals surface area contributed by atoms with Crippen molar-refractivity contribution in [1.29, 1.82) is 0 Å². The highest BCUT2D eigenvalue weighted by Crippen LogP contribution is 2.45. The molecule has 0 aliphatic carbocycles. The van der Waals surface area contributed by atoms with Crippen LogP contribution in [0.15, 0.2) is 0 Å². The van der Waals surface area contributed by atoms with Crippen LogP contribution in [0.3, 0.4) is 0 Å². The molecule has 44 heterocycles. The number of hydrogen-bond acceptors (Lipinski definition) is 60. The Morgan fingerprint density at radius 1 is 0.114 bits per heavy atom. The van der Waals surface area contributed by atoms with Gasteiger partial charge in [0.25, 0.3) is 0 Å². The Morgan fingerprint density at radius 3 is 0.288 bits per heavy atom. The van der Waals surface area contributed by atoms with Gasteiger partial charge >= 0.3 is 0 Å². The molecule has 60 heteroatoms. The second kappa shape index (κ2) is 45.5. The van der Waals surface area contributed by atoms with E-state index in [2.05, 4.69) is 0 Å². The Bertz CT molecular complexity index is 3280. The molecular weight excluding hydrogens is 1860 g/mol. The van der Waals surface area contributed by atoms with Gasteiger partial charge in [-0.1, -0.05) is 21.6 Å². The van der Waals surface area contributed by atoms with Gasteiger partial charge < -0.3 is 287 Å². The molecule has 0 aromatic heterocycles. The molecule has 44 aliphatic heterocycles. The second-order valence-electron chi connectivity index (χ2n) is 33.9. The zero-order valence-corrected chi connectivity index (χ0v) is 70.6. The SMILES string of the molecule is OCC1OC2OC3C(CO)OC(OC4C(CO)OC(OC5C(CSSCC6OC7OC8C(CO)OC(OC9C(CO)OC(OC%10C(CO)OC(OC%11C(CO)OC(OC%12C(CO)OC(OC6C(O)C7O)C(O)C%12O)C(O)C%11O)C(O)C%10O)C(O)C9O)C(O)C8O)OC(OC6C(CO)OC(OC7C(CO)OC(OC1C(O)C2O)C(O)C7O)C(O)C6O)C(O)C5O)C(O)C4O)C(O)C3O. The van der Waals surface area contributed by atoms with Gasteiger partial charge in [0, 0.05) is 11.5 Å². The Hall–Kier alpha value is -1.62. The summed E-state index contributed by atoms with van der Waals surface area (Å²) in [4.78, 5) is 0. The maximum atomic E-state index is 12.3. The van der Waals surface area contributed by atoms with Crippen LogP contribution in [0.4, 0.5) is 0 Å². The van der Waals surface area contributed by atoms with Crippen LogP contribution >= 0.6 is 21.6 Å². The summed E-state index contributed by atoms with van der Waals surface area (Å²) in [6, 6.07) is 0. The largest absolute Gasteiger partial charge is 0.394 e. The van der Waals surface area contributed by atoms with E-state index in [9.17, 15) is 174 Å². The van der Waals surface area contributed by atoms with E-state index in [4.69, 9.17) is 114 Å². The summed E-state index contributed by atoms with van der Waals surface area (Å²) in [5, 5.41) is 389. The summed E-state index contributed by atoms with van der Waals surface area (Å²) in [5.74, 6) is -1.30. The zero-order valence-electron chi connectivity index (χ0n) is 68.9. The van der Waals surface area contributed by atoms with Crippen LogP contribution in [0.25, 0.3) is 0 Å². The molecule has 44 aliphatic rings. The molecule has 44 fully saturated rings. The van der Waals surface area contributed by atoms with Crippen molar-refractivity contribution in [3.63, 3.8) is 0 Å². The Labute approximate surface area is 752 Å². The van der Waals surface area contributed by atoms with Gasteiger partial charge in [0.2, 0.25) is 0 Å². The van der Waals surface area contributed by atoms with Gasteiger partial charge in [-0.2, -0.15) is 0 Å². The molecule has 766 valence electrons. The standard InChI is InChI=1S/C72H118O58S2/c73-1-13-49-25(83)37(95)61(107-13)121-51-15(3-75)111-65(41(99)29(51)87)125-55-19(7-79)115-69(45(103)33(55)91)129-59-23(117-71(47(105)35(59)93)127-57-21(9-81)113-67(43(101)31(57)89)123-53-17(5-77)109-63(119-49)39(97)27(53)85)11-131-132-12-24-60-36(94)48(106)72(118-24)128-58-22(10-82)114-68(44(102)32(58)90)124-54-18(6-78)110-64(40(98)28(54)86)120-50-14(2-74)108-62(38(96)26(50)84)122-52-16(4-76)112-66(42(100)30(52)88)126-56-20(8-80)116-70(130-60)46(104)34(56)92/h13-106H,1-12H2. The lowest BCUT2D eigenvalue weighted by molar-refractivity contribution is -0.403. The zero-order chi connectivity index (χ0) is 95.5. The van der Waals surface area contributed by atoms with Crippen molar-refractivity contribution in [3.05, 3.63) is 0 Å². The normalized spacial score (nSPS) is 55.5. The van der Waals surface area contributed by atoms with Crippen LogP contribution in [-0.2, 0) is 114 Å². The first kappa shape index (κ1) is 106. The number of ether oxygens (including phenoxy) is 24. The average molecular weight is 1980 g/mol. The molecule has 60 unspecified atom stereocenters. The summed E-state index contributed by atoms with van der Waals surface area (Å²) in [6.45, 7) is -11.5. The lowest BCUT2D eigenvalue weighted by Gasteiger charge is -2.51. The topological polar surface area (TPSA) is 909 Å². The third kappa shape index (κ3) is 21.2. The lowest BCUT2D eigenvalue weighted by atomic mass is 9.95. The highest BCUT2D eigenvalue weighted by Gasteiger charge is 2.64. The summed E-state index contributed by atoms with van der Waals surface area (Å²) >= 11 is 0. The molecule has 0 saturated carbocycles. The van der Waals surface area contributed by atoms with Crippen molar-refractivity contribution >= 4 is 21.6 Å². The molecule has 132 heavy (non-hydrogen) atoms. The van der Waals surface area contributed by atoms with Gasteiger partial charge in [0.05, 0.1) is 78.3 Å². The monoisotopic (exact) mass is 1970 g/mol. The molecule has 34 N–H and O–H groups in total. The minimum absolute atomic E-state index is 0.649. The van der Waals surface area contributed by atoms with E-state index in [-0.39, 0.29) is 0 Å². The van der Waals surface area contributed by atoms with Crippen molar-refractivity contribution in [1.82, 2.24) is 0 Å². The maximum Gasteiger partial charge on any atom is 0.187 e. The Balaban J connectivity index is 0.751. The van der Waals surface area contributed by atoms with Crippen LogP contribution in [0, 0.1) is 0 Å². The van der Waals surface area contributed by atoms with Crippen molar-refractivity contribution in [3.8, 4) is 0 Å². The number of rotatable bonds is 15. The van der Waals surface area contributed by atoms with Gasteiger partial charge in [-0.05, 0) is 0 Å². The number of aliphatic hydroxyl groups excluding tert-OH is 34. The summed E-state index contributed by atoms with van der Waals surface area (Å²) in [7, 11) is 1.31. The molecule has 0 spiro atoms. The van der Waals surface area contributed by atoms with E-state index in [0.29, 0.717) is 21.6 Å². The van der Waals surface area contributed by atoms with E-state index in [0.717, 1.165) is 0 Å². The molecule has 0 aromatic carbocycles. The summed E-state index contributed by atoms with van der Waals surface area (Å²) < 4.78 is 141. The Morgan fingerprint density at radius 2 is 0.197 bits per heavy atom. The van der Waals surface area contributed by atoms with Crippen LogP contribution in [0.1, 0.15) is 0 Å². The van der Waals surface area contributed by atoms with Gasteiger partial charge in [0.1, 0.15) is 281 Å².